The normalized spacial score (nSPS) is 10.1. The van der Waals surface area contributed by atoms with Gasteiger partial charge in [0.1, 0.15) is 5.75 Å². The Bertz CT molecular complexity index is 556. The topological polar surface area (TPSA) is 26.3 Å². The Kier molecular flexibility index (Phi) is 2.73. The molecule has 2 heteroatoms. The van der Waals surface area contributed by atoms with Crippen LogP contribution in [-0.2, 0) is 4.79 Å². The first kappa shape index (κ1) is 10.4. The molecule has 16 heavy (non-hydrogen) atoms. The summed E-state index contributed by atoms with van der Waals surface area (Å²) in [6.45, 7) is 5.12. The van der Waals surface area contributed by atoms with Crippen LogP contribution in [0.4, 0.5) is 0 Å². The minimum Gasteiger partial charge on any atom is -0.427 e. The van der Waals surface area contributed by atoms with E-state index < -0.39 is 0 Å². The predicted molar refractivity (Wildman–Crippen MR) is 65.3 cm³/mol. The average Bonchev–Trinajstić information content (AvgIpc) is 2.27. The van der Waals surface area contributed by atoms with Crippen LogP contribution in [0.2, 0.25) is 0 Å². The summed E-state index contributed by atoms with van der Waals surface area (Å²) in [7, 11) is 0. The Morgan fingerprint density at radius 3 is 2.62 bits per heavy atom. The van der Waals surface area contributed by atoms with Crippen LogP contribution in [0.15, 0.2) is 43.0 Å². The molecule has 0 aliphatic carbocycles. The van der Waals surface area contributed by atoms with E-state index in [4.69, 9.17) is 4.74 Å². The van der Waals surface area contributed by atoms with E-state index in [0.29, 0.717) is 5.75 Å². The first-order chi connectivity index (χ1) is 7.69. The highest BCUT2D eigenvalue weighted by molar-refractivity contribution is 5.86. The summed E-state index contributed by atoms with van der Waals surface area (Å²) in [5.41, 5.74) is 1.05. The highest BCUT2D eigenvalue weighted by Crippen LogP contribution is 2.22. The summed E-state index contributed by atoms with van der Waals surface area (Å²) >= 11 is 0. The molecule has 2 aromatic rings. The van der Waals surface area contributed by atoms with Crippen LogP contribution in [0.1, 0.15) is 12.5 Å². The van der Waals surface area contributed by atoms with Crippen molar-refractivity contribution in [1.29, 1.82) is 0 Å². The number of hydrogen-bond donors (Lipinski definition) is 0. The third kappa shape index (κ3) is 2.11. The number of esters is 1. The standard InChI is InChI=1S/C14H12O2/c1-3-11-4-5-12-6-7-14(16-10(2)15)9-13(12)8-11/h3-9H,1H2,2H3. The molecular formula is C14H12O2. The van der Waals surface area contributed by atoms with Crippen molar-refractivity contribution >= 4 is 22.8 Å². The third-order valence-corrected chi connectivity index (χ3v) is 2.33. The van der Waals surface area contributed by atoms with Crippen molar-refractivity contribution < 1.29 is 9.53 Å². The van der Waals surface area contributed by atoms with Crippen molar-refractivity contribution in [3.05, 3.63) is 48.5 Å². The molecule has 2 rings (SSSR count). The Hall–Kier alpha value is -2.09. The number of ether oxygens (including phenoxy) is 1. The number of fused-ring (bicyclic) bond motifs is 1. The summed E-state index contributed by atoms with van der Waals surface area (Å²) in [6, 6.07) is 11.6. The van der Waals surface area contributed by atoms with Gasteiger partial charge < -0.3 is 4.74 Å². The molecule has 0 aromatic heterocycles. The second kappa shape index (κ2) is 4.19. The second-order valence-corrected chi connectivity index (χ2v) is 3.57. The van der Waals surface area contributed by atoms with Gasteiger partial charge in [-0.15, -0.1) is 0 Å². The van der Waals surface area contributed by atoms with Gasteiger partial charge >= 0.3 is 5.97 Å². The molecule has 0 saturated carbocycles. The molecule has 80 valence electrons. The molecule has 0 aliphatic rings. The Labute approximate surface area is 94.2 Å². The van der Waals surface area contributed by atoms with Gasteiger partial charge in [0.2, 0.25) is 0 Å². The predicted octanol–water partition coefficient (Wildman–Crippen LogP) is 3.41. The van der Waals surface area contributed by atoms with Crippen molar-refractivity contribution in [2.45, 2.75) is 6.92 Å². The lowest BCUT2D eigenvalue weighted by molar-refractivity contribution is -0.131. The van der Waals surface area contributed by atoms with Crippen molar-refractivity contribution in [3.63, 3.8) is 0 Å². The lowest BCUT2D eigenvalue weighted by atomic mass is 10.1. The van der Waals surface area contributed by atoms with E-state index in [-0.39, 0.29) is 5.97 Å². The van der Waals surface area contributed by atoms with E-state index in [9.17, 15) is 4.79 Å². The van der Waals surface area contributed by atoms with Crippen molar-refractivity contribution in [2.24, 2.45) is 0 Å². The smallest absolute Gasteiger partial charge is 0.308 e. The fraction of sp³-hybridized carbons (Fsp3) is 0.0714. The van der Waals surface area contributed by atoms with Crippen molar-refractivity contribution in [1.82, 2.24) is 0 Å². The zero-order valence-electron chi connectivity index (χ0n) is 9.07. The fourth-order valence-electron chi connectivity index (χ4n) is 1.60. The first-order valence-electron chi connectivity index (χ1n) is 5.04. The fourth-order valence-corrected chi connectivity index (χ4v) is 1.60. The van der Waals surface area contributed by atoms with Gasteiger partial charge in [-0.1, -0.05) is 30.9 Å². The monoisotopic (exact) mass is 212 g/mol. The highest BCUT2D eigenvalue weighted by Gasteiger charge is 2.00. The van der Waals surface area contributed by atoms with Crippen LogP contribution in [0.25, 0.3) is 16.8 Å². The molecule has 0 N–H and O–H groups in total. The van der Waals surface area contributed by atoms with E-state index in [0.717, 1.165) is 16.3 Å². The molecule has 0 spiro atoms. The second-order valence-electron chi connectivity index (χ2n) is 3.57. The quantitative estimate of drug-likeness (QED) is 0.563. The number of carbonyl (C=O) groups excluding carboxylic acids is 1. The van der Waals surface area contributed by atoms with Crippen molar-refractivity contribution in [2.75, 3.05) is 0 Å². The molecule has 0 aliphatic heterocycles. The van der Waals surface area contributed by atoms with Crippen LogP contribution < -0.4 is 4.74 Å². The first-order valence-corrected chi connectivity index (χ1v) is 5.04. The molecule has 0 saturated heterocycles. The zero-order valence-corrected chi connectivity index (χ0v) is 9.07. The van der Waals surface area contributed by atoms with Crippen molar-refractivity contribution in [3.8, 4) is 5.75 Å². The van der Waals surface area contributed by atoms with E-state index >= 15 is 0 Å². The van der Waals surface area contributed by atoms with Gasteiger partial charge in [-0.3, -0.25) is 4.79 Å². The van der Waals surface area contributed by atoms with Crippen LogP contribution in [0, 0.1) is 0 Å². The molecule has 0 radical (unpaired) electrons. The molecular weight excluding hydrogens is 200 g/mol. The van der Waals surface area contributed by atoms with E-state index in [1.807, 2.05) is 30.3 Å². The summed E-state index contributed by atoms with van der Waals surface area (Å²) < 4.78 is 5.03. The largest absolute Gasteiger partial charge is 0.427 e. The molecule has 0 heterocycles. The molecule has 2 nitrogen and oxygen atoms in total. The molecule has 2 aromatic carbocycles. The average molecular weight is 212 g/mol. The molecule has 0 fully saturated rings. The number of benzene rings is 2. The number of hydrogen-bond acceptors (Lipinski definition) is 2. The van der Waals surface area contributed by atoms with Gasteiger partial charge in [-0.2, -0.15) is 0 Å². The summed E-state index contributed by atoms with van der Waals surface area (Å²) in [5.74, 6) is 0.264. The van der Waals surface area contributed by atoms with E-state index in [1.165, 1.54) is 6.92 Å². The van der Waals surface area contributed by atoms with Gasteiger partial charge in [0.25, 0.3) is 0 Å². The maximum Gasteiger partial charge on any atom is 0.308 e. The van der Waals surface area contributed by atoms with Crippen LogP contribution in [0.3, 0.4) is 0 Å². The minimum absolute atomic E-state index is 0.306. The minimum atomic E-state index is -0.306. The molecule has 0 atom stereocenters. The van der Waals surface area contributed by atoms with Gasteiger partial charge in [-0.05, 0) is 34.5 Å². The Morgan fingerprint density at radius 1 is 1.19 bits per heavy atom. The molecule has 0 bridgehead atoms. The SMILES string of the molecule is C=Cc1ccc2ccc(OC(C)=O)cc2c1. The summed E-state index contributed by atoms with van der Waals surface area (Å²) in [6.07, 6.45) is 1.79. The van der Waals surface area contributed by atoms with E-state index in [1.54, 1.807) is 12.1 Å². The third-order valence-electron chi connectivity index (χ3n) is 2.33. The van der Waals surface area contributed by atoms with Crippen LogP contribution >= 0.6 is 0 Å². The van der Waals surface area contributed by atoms with Crippen LogP contribution in [-0.4, -0.2) is 5.97 Å². The van der Waals surface area contributed by atoms with Gasteiger partial charge in [0.15, 0.2) is 0 Å². The van der Waals surface area contributed by atoms with Gasteiger partial charge in [0.05, 0.1) is 0 Å². The number of carbonyl (C=O) groups is 1. The zero-order chi connectivity index (χ0) is 11.5. The molecule has 0 amide bonds. The lowest BCUT2D eigenvalue weighted by Gasteiger charge is -2.04. The van der Waals surface area contributed by atoms with Crippen LogP contribution in [0.5, 0.6) is 5.75 Å². The Balaban J connectivity index is 2.50. The van der Waals surface area contributed by atoms with E-state index in [2.05, 4.69) is 6.58 Å². The number of rotatable bonds is 2. The lowest BCUT2D eigenvalue weighted by Crippen LogP contribution is -2.00. The maximum atomic E-state index is 10.8. The van der Waals surface area contributed by atoms with Gasteiger partial charge in [0, 0.05) is 6.92 Å². The summed E-state index contributed by atoms with van der Waals surface area (Å²) in [4.78, 5) is 10.8. The highest BCUT2D eigenvalue weighted by atomic mass is 16.5. The summed E-state index contributed by atoms with van der Waals surface area (Å²) in [5, 5.41) is 2.15. The molecule has 0 unspecified atom stereocenters. The Morgan fingerprint density at radius 2 is 1.94 bits per heavy atom. The van der Waals surface area contributed by atoms with Gasteiger partial charge in [-0.25, -0.2) is 0 Å². The maximum absolute atomic E-state index is 10.8.